The summed E-state index contributed by atoms with van der Waals surface area (Å²) in [6.45, 7) is 1.95. The number of thiazole rings is 1. The third-order valence-corrected chi connectivity index (χ3v) is 4.08. The number of imidazole rings is 1. The van der Waals surface area contributed by atoms with E-state index in [0.29, 0.717) is 10.8 Å². The van der Waals surface area contributed by atoms with Crippen molar-refractivity contribution in [2.45, 2.75) is 6.92 Å². The third-order valence-electron chi connectivity index (χ3n) is 3.05. The van der Waals surface area contributed by atoms with Gasteiger partial charge in [-0.25, -0.2) is 4.98 Å². The van der Waals surface area contributed by atoms with E-state index in [4.69, 9.17) is 11.6 Å². The minimum atomic E-state index is -0.203. The van der Waals surface area contributed by atoms with Crippen molar-refractivity contribution in [1.82, 2.24) is 9.38 Å². The Bertz CT molecular complexity index is 834. The number of amides is 1. The molecular weight excluding hydrogens is 306 g/mol. The van der Waals surface area contributed by atoms with Crippen LogP contribution in [0.3, 0.4) is 0 Å². The van der Waals surface area contributed by atoms with E-state index in [0.717, 1.165) is 16.2 Å². The molecule has 0 unspecified atom stereocenters. The molecule has 0 aliphatic rings. The van der Waals surface area contributed by atoms with Gasteiger partial charge in [0.1, 0.15) is 0 Å². The predicted molar refractivity (Wildman–Crippen MR) is 86.9 cm³/mol. The molecule has 2 heterocycles. The monoisotopic (exact) mass is 317 g/mol. The summed E-state index contributed by atoms with van der Waals surface area (Å²) in [4.78, 5) is 17.0. The number of hydrogen-bond acceptors (Lipinski definition) is 3. The second kappa shape index (κ2) is 5.71. The Morgan fingerprint density at radius 3 is 3.05 bits per heavy atom. The summed E-state index contributed by atoms with van der Waals surface area (Å²) < 4.78 is 1.85. The normalized spacial score (nSPS) is 11.3. The first kappa shape index (κ1) is 13.9. The molecule has 1 aromatic carbocycles. The number of anilines is 1. The van der Waals surface area contributed by atoms with Crippen LogP contribution >= 0.6 is 22.9 Å². The number of nitrogens with zero attached hydrogens (tertiary/aromatic N) is 2. The van der Waals surface area contributed by atoms with Gasteiger partial charge in [0.2, 0.25) is 5.91 Å². The highest BCUT2D eigenvalue weighted by atomic mass is 35.5. The molecule has 3 aromatic rings. The zero-order chi connectivity index (χ0) is 14.8. The number of benzene rings is 1. The average Bonchev–Trinajstić information content (AvgIpc) is 3.00. The second-order valence-electron chi connectivity index (χ2n) is 4.48. The number of halogens is 1. The SMILES string of the molecule is Cc1ccccc1NC(=O)/C=C/c1c(Cl)nc2sccn12. The van der Waals surface area contributed by atoms with E-state index in [1.807, 2.05) is 47.2 Å². The van der Waals surface area contributed by atoms with Crippen molar-refractivity contribution >= 4 is 45.6 Å². The van der Waals surface area contributed by atoms with Crippen LogP contribution in [-0.4, -0.2) is 15.3 Å². The van der Waals surface area contributed by atoms with E-state index in [2.05, 4.69) is 10.3 Å². The molecule has 0 radical (unpaired) electrons. The van der Waals surface area contributed by atoms with E-state index in [9.17, 15) is 4.79 Å². The fraction of sp³-hybridized carbons (Fsp3) is 0.0667. The first-order valence-corrected chi connectivity index (χ1v) is 7.56. The summed E-state index contributed by atoms with van der Waals surface area (Å²) in [6.07, 6.45) is 5.00. The van der Waals surface area contributed by atoms with E-state index >= 15 is 0 Å². The second-order valence-corrected chi connectivity index (χ2v) is 5.71. The van der Waals surface area contributed by atoms with Gasteiger partial charge in [-0.15, -0.1) is 11.3 Å². The van der Waals surface area contributed by atoms with Crippen LogP contribution in [0, 0.1) is 6.92 Å². The van der Waals surface area contributed by atoms with Crippen LogP contribution in [0.4, 0.5) is 5.69 Å². The molecule has 0 spiro atoms. The third kappa shape index (κ3) is 2.84. The van der Waals surface area contributed by atoms with Crippen LogP contribution in [0.5, 0.6) is 0 Å². The maximum atomic E-state index is 12.0. The number of nitrogens with one attached hydrogen (secondary N) is 1. The fourth-order valence-corrected chi connectivity index (χ4v) is 2.97. The van der Waals surface area contributed by atoms with Crippen LogP contribution < -0.4 is 5.32 Å². The van der Waals surface area contributed by atoms with Gasteiger partial charge < -0.3 is 5.32 Å². The predicted octanol–water partition coefficient (Wildman–Crippen LogP) is 4.01. The molecule has 6 heteroatoms. The lowest BCUT2D eigenvalue weighted by atomic mass is 10.2. The number of rotatable bonds is 3. The van der Waals surface area contributed by atoms with E-state index in [-0.39, 0.29) is 5.91 Å². The fourth-order valence-electron chi connectivity index (χ4n) is 1.97. The summed E-state index contributed by atoms with van der Waals surface area (Å²) in [7, 11) is 0. The topological polar surface area (TPSA) is 46.4 Å². The quantitative estimate of drug-likeness (QED) is 0.742. The maximum Gasteiger partial charge on any atom is 0.248 e. The highest BCUT2D eigenvalue weighted by Gasteiger charge is 2.09. The molecule has 4 nitrogen and oxygen atoms in total. The number of para-hydroxylation sites is 1. The van der Waals surface area contributed by atoms with Crippen molar-refractivity contribution in [1.29, 1.82) is 0 Å². The number of aromatic nitrogens is 2. The highest BCUT2D eigenvalue weighted by Crippen LogP contribution is 2.22. The Kier molecular flexibility index (Phi) is 3.77. The molecule has 0 bridgehead atoms. The molecule has 0 saturated carbocycles. The summed E-state index contributed by atoms with van der Waals surface area (Å²) in [6, 6.07) is 7.63. The van der Waals surface area contributed by atoms with Crippen molar-refractivity contribution in [3.05, 3.63) is 58.3 Å². The number of fused-ring (bicyclic) bond motifs is 1. The smallest absolute Gasteiger partial charge is 0.248 e. The minimum Gasteiger partial charge on any atom is -0.322 e. The Labute approximate surface area is 130 Å². The van der Waals surface area contributed by atoms with Crippen LogP contribution in [-0.2, 0) is 4.79 Å². The van der Waals surface area contributed by atoms with Crippen LogP contribution in [0.25, 0.3) is 11.0 Å². The van der Waals surface area contributed by atoms with E-state index in [1.165, 1.54) is 17.4 Å². The lowest BCUT2D eigenvalue weighted by Crippen LogP contribution is -2.08. The van der Waals surface area contributed by atoms with Crippen LogP contribution in [0.2, 0.25) is 5.15 Å². The van der Waals surface area contributed by atoms with Gasteiger partial charge >= 0.3 is 0 Å². The van der Waals surface area contributed by atoms with Gasteiger partial charge in [-0.3, -0.25) is 9.20 Å². The van der Waals surface area contributed by atoms with Crippen LogP contribution in [0.1, 0.15) is 11.3 Å². The number of aryl methyl sites for hydroxylation is 1. The lowest BCUT2D eigenvalue weighted by Gasteiger charge is -2.05. The molecule has 21 heavy (non-hydrogen) atoms. The van der Waals surface area contributed by atoms with E-state index in [1.54, 1.807) is 6.08 Å². The largest absolute Gasteiger partial charge is 0.322 e. The van der Waals surface area contributed by atoms with Gasteiger partial charge in [-0.05, 0) is 24.6 Å². The first-order valence-electron chi connectivity index (χ1n) is 6.31. The molecular formula is C15H12ClN3OS. The molecule has 3 rings (SSSR count). The number of carbonyl (C=O) groups excluding carboxylic acids is 1. The molecule has 1 amide bonds. The highest BCUT2D eigenvalue weighted by molar-refractivity contribution is 7.15. The number of hydrogen-bond donors (Lipinski definition) is 1. The van der Waals surface area contributed by atoms with Crippen molar-refractivity contribution in [2.24, 2.45) is 0 Å². The van der Waals surface area contributed by atoms with Crippen molar-refractivity contribution in [2.75, 3.05) is 5.32 Å². The Balaban J connectivity index is 1.80. The standard InChI is InChI=1S/C15H12ClN3OS/c1-10-4-2-3-5-11(10)17-13(20)7-6-12-14(16)18-15-19(12)8-9-21-15/h2-9H,1H3,(H,17,20)/b7-6+. The van der Waals surface area contributed by atoms with Crippen molar-refractivity contribution < 1.29 is 4.79 Å². The molecule has 0 aliphatic carbocycles. The molecule has 106 valence electrons. The molecule has 2 aromatic heterocycles. The lowest BCUT2D eigenvalue weighted by molar-refractivity contribution is -0.111. The molecule has 0 fully saturated rings. The summed E-state index contributed by atoms with van der Waals surface area (Å²) in [5, 5.41) is 5.15. The van der Waals surface area contributed by atoms with Gasteiger partial charge in [-0.2, -0.15) is 0 Å². The summed E-state index contributed by atoms with van der Waals surface area (Å²) >= 11 is 7.56. The van der Waals surface area contributed by atoms with Crippen molar-refractivity contribution in [3.63, 3.8) is 0 Å². The number of carbonyl (C=O) groups is 1. The maximum absolute atomic E-state index is 12.0. The molecule has 1 N–H and O–H groups in total. The Hall–Kier alpha value is -2.11. The van der Waals surface area contributed by atoms with Gasteiger partial charge in [-0.1, -0.05) is 29.8 Å². The van der Waals surface area contributed by atoms with Gasteiger partial charge in [0.15, 0.2) is 10.1 Å². The first-order chi connectivity index (χ1) is 10.1. The molecule has 0 atom stereocenters. The van der Waals surface area contributed by atoms with Gasteiger partial charge in [0, 0.05) is 23.3 Å². The zero-order valence-corrected chi connectivity index (χ0v) is 12.8. The average molecular weight is 318 g/mol. The minimum absolute atomic E-state index is 0.203. The molecule has 0 saturated heterocycles. The summed E-state index contributed by atoms with van der Waals surface area (Å²) in [5.74, 6) is -0.203. The Morgan fingerprint density at radius 1 is 1.43 bits per heavy atom. The van der Waals surface area contributed by atoms with E-state index < -0.39 is 0 Å². The van der Waals surface area contributed by atoms with Crippen molar-refractivity contribution in [3.8, 4) is 0 Å². The molecule has 0 aliphatic heterocycles. The van der Waals surface area contributed by atoms with Gasteiger partial charge in [0.25, 0.3) is 0 Å². The summed E-state index contributed by atoms with van der Waals surface area (Å²) in [5.41, 5.74) is 2.52. The van der Waals surface area contributed by atoms with Crippen LogP contribution in [0.15, 0.2) is 41.9 Å². The van der Waals surface area contributed by atoms with Gasteiger partial charge in [0.05, 0.1) is 5.69 Å². The zero-order valence-electron chi connectivity index (χ0n) is 11.2. The Morgan fingerprint density at radius 2 is 2.24 bits per heavy atom.